The molecule has 5 nitrogen and oxygen atoms in total. The molecule has 2 rings (SSSR count). The van der Waals surface area contributed by atoms with Gasteiger partial charge >= 0.3 is 11.9 Å². The van der Waals surface area contributed by atoms with Crippen LogP contribution in [0.2, 0.25) is 5.02 Å². The summed E-state index contributed by atoms with van der Waals surface area (Å²) in [7, 11) is 1.31. The van der Waals surface area contributed by atoms with Gasteiger partial charge in [0.2, 0.25) is 0 Å². The Morgan fingerprint density at radius 3 is 2.57 bits per heavy atom. The zero-order valence-electron chi connectivity index (χ0n) is 12.1. The molecule has 0 aliphatic heterocycles. The van der Waals surface area contributed by atoms with Crippen molar-refractivity contribution in [2.24, 2.45) is 0 Å². The first-order valence-corrected chi connectivity index (χ1v) is 6.89. The minimum absolute atomic E-state index is 0.209. The van der Waals surface area contributed by atoms with Crippen molar-refractivity contribution in [2.75, 3.05) is 7.11 Å². The van der Waals surface area contributed by atoms with Crippen LogP contribution in [-0.4, -0.2) is 28.7 Å². The van der Waals surface area contributed by atoms with Crippen LogP contribution in [0.1, 0.15) is 28.5 Å². The van der Waals surface area contributed by atoms with Gasteiger partial charge in [0, 0.05) is 16.1 Å². The number of rotatable bonds is 4. The van der Waals surface area contributed by atoms with Crippen LogP contribution in [-0.2, 0) is 22.5 Å². The van der Waals surface area contributed by atoms with E-state index in [1.807, 2.05) is 13.8 Å². The number of aromatic nitrogens is 1. The van der Waals surface area contributed by atoms with Gasteiger partial charge in [0.1, 0.15) is 6.54 Å². The average molecular weight is 310 g/mol. The van der Waals surface area contributed by atoms with Gasteiger partial charge in [0.25, 0.3) is 0 Å². The lowest BCUT2D eigenvalue weighted by Gasteiger charge is -2.08. The Balaban J connectivity index is 2.93. The highest BCUT2D eigenvalue weighted by molar-refractivity contribution is 6.31. The van der Waals surface area contributed by atoms with Crippen molar-refractivity contribution in [3.63, 3.8) is 0 Å². The fraction of sp³-hybridized carbons (Fsp3) is 0.333. The molecule has 0 aliphatic rings. The first-order chi connectivity index (χ1) is 9.90. The largest absolute Gasteiger partial charge is 0.480 e. The third kappa shape index (κ3) is 2.61. The second-order valence-electron chi connectivity index (χ2n) is 4.77. The van der Waals surface area contributed by atoms with E-state index >= 15 is 0 Å². The Labute approximate surface area is 127 Å². The second-order valence-corrected chi connectivity index (χ2v) is 5.20. The summed E-state index contributed by atoms with van der Waals surface area (Å²) in [4.78, 5) is 23.2. The van der Waals surface area contributed by atoms with Crippen LogP contribution in [0.15, 0.2) is 12.1 Å². The third-order valence-corrected chi connectivity index (χ3v) is 3.65. The van der Waals surface area contributed by atoms with Crippen molar-refractivity contribution in [1.82, 2.24) is 4.57 Å². The van der Waals surface area contributed by atoms with Crippen molar-refractivity contribution in [1.29, 1.82) is 0 Å². The smallest absolute Gasteiger partial charge is 0.340 e. The SMILES string of the molecule is CCc1c(C(=O)OC)c2cc(Cl)cc(C)c2n1CC(=O)O. The molecule has 0 aliphatic carbocycles. The number of carboxylic acid groups (broad SMARTS) is 1. The monoisotopic (exact) mass is 309 g/mol. The summed E-state index contributed by atoms with van der Waals surface area (Å²) in [6, 6.07) is 3.43. The molecule has 6 heteroatoms. The zero-order chi connectivity index (χ0) is 15.7. The number of carboxylic acids is 1. The fourth-order valence-electron chi connectivity index (χ4n) is 2.72. The number of hydrogen-bond donors (Lipinski definition) is 1. The number of fused-ring (bicyclic) bond motifs is 1. The van der Waals surface area contributed by atoms with Crippen LogP contribution in [0, 0.1) is 6.92 Å². The summed E-state index contributed by atoms with van der Waals surface area (Å²) < 4.78 is 6.49. The van der Waals surface area contributed by atoms with Gasteiger partial charge in [-0.2, -0.15) is 0 Å². The lowest BCUT2D eigenvalue weighted by Crippen LogP contribution is -2.13. The molecule has 0 spiro atoms. The van der Waals surface area contributed by atoms with Crippen molar-refractivity contribution < 1.29 is 19.4 Å². The van der Waals surface area contributed by atoms with Crippen molar-refractivity contribution >= 4 is 34.4 Å². The minimum Gasteiger partial charge on any atom is -0.480 e. The number of aryl methyl sites for hydroxylation is 1. The van der Waals surface area contributed by atoms with Gasteiger partial charge in [-0.1, -0.05) is 18.5 Å². The summed E-state index contributed by atoms with van der Waals surface area (Å²) in [5.74, 6) is -1.45. The topological polar surface area (TPSA) is 68.5 Å². The van der Waals surface area contributed by atoms with Crippen LogP contribution in [0.25, 0.3) is 10.9 Å². The summed E-state index contributed by atoms with van der Waals surface area (Å²) in [6.07, 6.45) is 0.517. The zero-order valence-corrected chi connectivity index (χ0v) is 12.8. The van der Waals surface area contributed by atoms with E-state index in [-0.39, 0.29) is 6.54 Å². The van der Waals surface area contributed by atoms with Gasteiger partial charge in [-0.25, -0.2) is 4.79 Å². The molecule has 0 fully saturated rings. The number of esters is 1. The predicted octanol–water partition coefficient (Wildman–Crippen LogP) is 3.04. The molecule has 1 aromatic carbocycles. The molecular formula is C15H16ClNO4. The number of aliphatic carboxylic acids is 1. The van der Waals surface area contributed by atoms with Gasteiger partial charge in [0.05, 0.1) is 18.2 Å². The molecule has 0 atom stereocenters. The average Bonchev–Trinajstić information content (AvgIpc) is 2.70. The summed E-state index contributed by atoms with van der Waals surface area (Å²) in [5.41, 5.74) is 2.56. The number of nitrogens with zero attached hydrogens (tertiary/aromatic N) is 1. The molecule has 21 heavy (non-hydrogen) atoms. The number of halogens is 1. The maximum Gasteiger partial charge on any atom is 0.340 e. The summed E-state index contributed by atoms with van der Waals surface area (Å²) in [5, 5.41) is 10.3. The molecule has 0 radical (unpaired) electrons. The lowest BCUT2D eigenvalue weighted by atomic mass is 10.1. The van der Waals surface area contributed by atoms with E-state index in [0.29, 0.717) is 33.6 Å². The van der Waals surface area contributed by atoms with E-state index in [2.05, 4.69) is 0 Å². The summed E-state index contributed by atoms with van der Waals surface area (Å²) in [6.45, 7) is 3.50. The van der Waals surface area contributed by atoms with E-state index in [0.717, 1.165) is 5.56 Å². The summed E-state index contributed by atoms with van der Waals surface area (Å²) >= 11 is 6.08. The van der Waals surface area contributed by atoms with E-state index in [1.54, 1.807) is 16.7 Å². The Hall–Kier alpha value is -2.01. The number of carbonyl (C=O) groups is 2. The van der Waals surface area contributed by atoms with E-state index in [9.17, 15) is 9.59 Å². The Bertz CT molecular complexity index is 733. The first kappa shape index (κ1) is 15.4. The molecule has 2 aromatic rings. The first-order valence-electron chi connectivity index (χ1n) is 6.52. The molecular weight excluding hydrogens is 294 g/mol. The van der Waals surface area contributed by atoms with Crippen molar-refractivity contribution in [2.45, 2.75) is 26.8 Å². The third-order valence-electron chi connectivity index (χ3n) is 3.44. The van der Waals surface area contributed by atoms with Crippen molar-refractivity contribution in [3.8, 4) is 0 Å². The highest BCUT2D eigenvalue weighted by Gasteiger charge is 2.24. The Morgan fingerprint density at radius 2 is 2.05 bits per heavy atom. The fourth-order valence-corrected chi connectivity index (χ4v) is 2.99. The Morgan fingerprint density at radius 1 is 1.38 bits per heavy atom. The van der Waals surface area contributed by atoms with Crippen LogP contribution >= 0.6 is 11.6 Å². The molecule has 0 unspecified atom stereocenters. The van der Waals surface area contributed by atoms with Gasteiger partial charge in [0.15, 0.2) is 0 Å². The number of ether oxygens (including phenoxy) is 1. The standard InChI is InChI=1S/C15H16ClNO4/c1-4-11-13(15(20)21-3)10-6-9(16)5-8(2)14(10)17(11)7-12(18)19/h5-6H,4,7H2,1-3H3,(H,18,19). The second kappa shape index (κ2) is 5.77. The quantitative estimate of drug-likeness (QED) is 0.881. The lowest BCUT2D eigenvalue weighted by molar-refractivity contribution is -0.137. The van der Waals surface area contributed by atoms with Crippen LogP contribution < -0.4 is 0 Å². The number of methoxy groups -OCH3 is 1. The van der Waals surface area contributed by atoms with Gasteiger partial charge in [-0.3, -0.25) is 4.79 Å². The van der Waals surface area contributed by atoms with Gasteiger partial charge in [-0.05, 0) is 31.0 Å². The van der Waals surface area contributed by atoms with Crippen molar-refractivity contribution in [3.05, 3.63) is 34.0 Å². The molecule has 0 saturated carbocycles. The predicted molar refractivity (Wildman–Crippen MR) is 80.0 cm³/mol. The maximum absolute atomic E-state index is 12.1. The van der Waals surface area contributed by atoms with Gasteiger partial charge in [-0.15, -0.1) is 0 Å². The number of carbonyl (C=O) groups excluding carboxylic acids is 1. The Kier molecular flexibility index (Phi) is 4.23. The minimum atomic E-state index is -0.965. The van der Waals surface area contributed by atoms with Gasteiger partial charge < -0.3 is 14.4 Å². The number of hydrogen-bond acceptors (Lipinski definition) is 3. The molecule has 0 amide bonds. The molecule has 1 N–H and O–H groups in total. The maximum atomic E-state index is 12.1. The molecule has 1 heterocycles. The molecule has 1 aromatic heterocycles. The highest BCUT2D eigenvalue weighted by atomic mass is 35.5. The number of benzene rings is 1. The van der Waals surface area contributed by atoms with Crippen LogP contribution in [0.4, 0.5) is 0 Å². The van der Waals surface area contributed by atoms with Crippen LogP contribution in [0.5, 0.6) is 0 Å². The van der Waals surface area contributed by atoms with E-state index in [4.69, 9.17) is 21.4 Å². The van der Waals surface area contributed by atoms with E-state index < -0.39 is 11.9 Å². The van der Waals surface area contributed by atoms with E-state index in [1.165, 1.54) is 7.11 Å². The highest BCUT2D eigenvalue weighted by Crippen LogP contribution is 2.32. The normalized spacial score (nSPS) is 10.9. The molecule has 0 bridgehead atoms. The molecule has 0 saturated heterocycles. The van der Waals surface area contributed by atoms with Crippen LogP contribution in [0.3, 0.4) is 0 Å². The molecule has 112 valence electrons.